The molecule has 33 heavy (non-hydrogen) atoms. The fourth-order valence-corrected chi connectivity index (χ4v) is 6.78. The van der Waals surface area contributed by atoms with Gasteiger partial charge in [-0.15, -0.1) is 11.3 Å². The predicted octanol–water partition coefficient (Wildman–Crippen LogP) is 3.59. The third-order valence-corrected chi connectivity index (χ3v) is 8.76. The van der Waals surface area contributed by atoms with Crippen molar-refractivity contribution in [3.05, 3.63) is 34.7 Å². The van der Waals surface area contributed by atoms with Crippen molar-refractivity contribution >= 4 is 28.2 Å². The first-order chi connectivity index (χ1) is 16.1. The molecule has 8 nitrogen and oxygen atoms in total. The molecule has 0 aliphatic carbocycles. The van der Waals surface area contributed by atoms with Gasteiger partial charge < -0.3 is 15.0 Å². The van der Waals surface area contributed by atoms with Gasteiger partial charge in [0.05, 0.1) is 22.2 Å². The van der Waals surface area contributed by atoms with E-state index in [4.69, 9.17) is 10.5 Å². The SMILES string of the molecule is Cc1nc(CN2CCC3(CCCN3CC3CCC(n4ccc5c(N)ncnc54)O3)CC2)cs1. The number of rotatable bonds is 5. The van der Waals surface area contributed by atoms with Crippen LogP contribution in [0.4, 0.5) is 5.82 Å². The summed E-state index contributed by atoms with van der Waals surface area (Å²) in [7, 11) is 0. The smallest absolute Gasteiger partial charge is 0.147 e. The van der Waals surface area contributed by atoms with Crippen molar-refractivity contribution in [1.82, 2.24) is 29.3 Å². The van der Waals surface area contributed by atoms with E-state index >= 15 is 0 Å². The first-order valence-electron chi connectivity index (χ1n) is 12.2. The summed E-state index contributed by atoms with van der Waals surface area (Å²) in [6, 6.07) is 2.00. The van der Waals surface area contributed by atoms with E-state index in [1.807, 2.05) is 12.3 Å². The lowest BCUT2D eigenvalue weighted by Gasteiger charge is -2.45. The minimum atomic E-state index is 0.0313. The number of nitrogens with two attached hydrogens (primary N) is 1. The highest BCUT2D eigenvalue weighted by atomic mass is 32.1. The van der Waals surface area contributed by atoms with Crippen LogP contribution >= 0.6 is 11.3 Å². The van der Waals surface area contributed by atoms with Crippen LogP contribution in [0, 0.1) is 6.92 Å². The number of likely N-dealkylation sites (tertiary alicyclic amines) is 2. The summed E-state index contributed by atoms with van der Waals surface area (Å²) in [4.78, 5) is 18.6. The molecule has 6 heterocycles. The van der Waals surface area contributed by atoms with E-state index in [2.05, 4.69) is 41.6 Å². The molecule has 2 unspecified atom stereocenters. The number of nitrogens with zero attached hydrogens (tertiary/aromatic N) is 6. The fourth-order valence-electron chi connectivity index (χ4n) is 6.18. The quantitative estimate of drug-likeness (QED) is 0.614. The van der Waals surface area contributed by atoms with Crippen LogP contribution in [0.3, 0.4) is 0 Å². The van der Waals surface area contributed by atoms with E-state index in [9.17, 15) is 0 Å². The predicted molar refractivity (Wildman–Crippen MR) is 130 cm³/mol. The van der Waals surface area contributed by atoms with E-state index in [1.54, 1.807) is 11.3 Å². The van der Waals surface area contributed by atoms with Gasteiger partial charge in [-0.3, -0.25) is 9.80 Å². The normalized spacial score (nSPS) is 26.1. The molecule has 1 spiro atoms. The van der Waals surface area contributed by atoms with Gasteiger partial charge in [-0.05, 0) is 58.1 Å². The Kier molecular flexibility index (Phi) is 5.60. The third-order valence-electron chi connectivity index (χ3n) is 7.94. The Labute approximate surface area is 198 Å². The Hall–Kier alpha value is -2.07. The maximum absolute atomic E-state index is 6.55. The molecule has 3 saturated heterocycles. The van der Waals surface area contributed by atoms with Crippen LogP contribution in [0.25, 0.3) is 11.0 Å². The molecule has 0 saturated carbocycles. The van der Waals surface area contributed by atoms with Crippen LogP contribution in [0.15, 0.2) is 24.0 Å². The summed E-state index contributed by atoms with van der Waals surface area (Å²) >= 11 is 1.76. The molecule has 3 aliphatic rings. The maximum Gasteiger partial charge on any atom is 0.147 e. The largest absolute Gasteiger partial charge is 0.383 e. The van der Waals surface area contributed by atoms with Crippen molar-refractivity contribution in [2.24, 2.45) is 0 Å². The zero-order valence-corrected chi connectivity index (χ0v) is 20.1. The van der Waals surface area contributed by atoms with Gasteiger partial charge in [0.25, 0.3) is 0 Å². The second-order valence-electron chi connectivity index (χ2n) is 9.92. The van der Waals surface area contributed by atoms with Crippen molar-refractivity contribution in [3.8, 4) is 0 Å². The molecule has 6 rings (SSSR count). The molecule has 3 aliphatic heterocycles. The van der Waals surface area contributed by atoms with Crippen LogP contribution < -0.4 is 5.73 Å². The molecule has 0 aromatic carbocycles. The molecule has 0 radical (unpaired) electrons. The molecule has 0 bridgehead atoms. The summed E-state index contributed by atoms with van der Waals surface area (Å²) in [5, 5.41) is 4.28. The first kappa shape index (κ1) is 21.5. The van der Waals surface area contributed by atoms with Crippen molar-refractivity contribution in [1.29, 1.82) is 0 Å². The standard InChI is InChI=1S/C24H33N7OS/c1-17-28-18(15-33-17)13-29-11-7-24(8-12-29)6-2-9-30(24)14-19-3-4-21(32-19)31-10-5-20-22(25)26-16-27-23(20)31/h5,10,15-16,19,21H,2-4,6-9,11-14H2,1H3,(H2,25,26,27). The number of aryl methyl sites for hydroxylation is 1. The summed E-state index contributed by atoms with van der Waals surface area (Å²) in [5.74, 6) is 0.531. The van der Waals surface area contributed by atoms with Gasteiger partial charge in [-0.1, -0.05) is 0 Å². The summed E-state index contributed by atoms with van der Waals surface area (Å²) in [6.45, 7) is 7.65. The molecule has 9 heteroatoms. The highest BCUT2D eigenvalue weighted by Gasteiger charge is 2.44. The number of thiazole rings is 1. The molecule has 176 valence electrons. The average Bonchev–Trinajstić information content (AvgIpc) is 3.59. The molecular weight excluding hydrogens is 434 g/mol. The highest BCUT2D eigenvalue weighted by Crippen LogP contribution is 2.40. The van der Waals surface area contributed by atoms with E-state index in [1.165, 1.54) is 49.3 Å². The molecule has 3 fully saturated rings. The van der Waals surface area contributed by atoms with Crippen molar-refractivity contribution in [3.63, 3.8) is 0 Å². The lowest BCUT2D eigenvalue weighted by molar-refractivity contribution is -0.0341. The Morgan fingerprint density at radius 1 is 1.18 bits per heavy atom. The van der Waals surface area contributed by atoms with Crippen LogP contribution in [0.5, 0.6) is 0 Å². The first-order valence-corrected chi connectivity index (χ1v) is 13.1. The van der Waals surface area contributed by atoms with E-state index < -0.39 is 0 Å². The van der Waals surface area contributed by atoms with E-state index in [-0.39, 0.29) is 12.3 Å². The van der Waals surface area contributed by atoms with Crippen LogP contribution in [0.2, 0.25) is 0 Å². The van der Waals surface area contributed by atoms with Crippen LogP contribution in [-0.2, 0) is 11.3 Å². The minimum absolute atomic E-state index is 0.0313. The number of piperidine rings is 1. The van der Waals surface area contributed by atoms with Crippen molar-refractivity contribution < 1.29 is 4.74 Å². The van der Waals surface area contributed by atoms with Crippen LogP contribution in [0.1, 0.15) is 55.5 Å². The monoisotopic (exact) mass is 467 g/mol. The number of ether oxygens (including phenoxy) is 1. The zero-order chi connectivity index (χ0) is 22.4. The van der Waals surface area contributed by atoms with Gasteiger partial charge in [-0.2, -0.15) is 0 Å². The second kappa shape index (κ2) is 8.61. The molecular formula is C24H33N7OS. The lowest BCUT2D eigenvalue weighted by Crippen LogP contribution is -2.53. The number of fused-ring (bicyclic) bond motifs is 1. The molecule has 2 N–H and O–H groups in total. The van der Waals surface area contributed by atoms with Gasteiger partial charge in [0, 0.05) is 43.3 Å². The average molecular weight is 468 g/mol. The van der Waals surface area contributed by atoms with Gasteiger partial charge in [0.15, 0.2) is 0 Å². The maximum atomic E-state index is 6.55. The van der Waals surface area contributed by atoms with Crippen LogP contribution in [-0.4, -0.2) is 67.1 Å². The summed E-state index contributed by atoms with van der Waals surface area (Å²) in [5.41, 5.74) is 8.48. The Bertz CT molecular complexity index is 1120. The van der Waals surface area contributed by atoms with E-state index in [0.29, 0.717) is 11.4 Å². The zero-order valence-electron chi connectivity index (χ0n) is 19.3. The Morgan fingerprint density at radius 2 is 2.06 bits per heavy atom. The second-order valence-corrected chi connectivity index (χ2v) is 11.0. The fraction of sp³-hybridized carbons (Fsp3) is 0.625. The third kappa shape index (κ3) is 4.05. The number of hydrogen-bond acceptors (Lipinski definition) is 8. The lowest BCUT2D eigenvalue weighted by atomic mass is 9.84. The van der Waals surface area contributed by atoms with Gasteiger partial charge in [0.1, 0.15) is 24.0 Å². The summed E-state index contributed by atoms with van der Waals surface area (Å²) < 4.78 is 8.69. The molecule has 2 atom stereocenters. The number of nitrogen functional groups attached to an aromatic ring is 1. The molecule has 3 aromatic heterocycles. The van der Waals surface area contributed by atoms with E-state index in [0.717, 1.165) is 50.1 Å². The summed E-state index contributed by atoms with van der Waals surface area (Å²) in [6.07, 6.45) is 11.1. The van der Waals surface area contributed by atoms with Crippen molar-refractivity contribution in [2.75, 3.05) is 31.9 Å². The highest BCUT2D eigenvalue weighted by molar-refractivity contribution is 7.09. The minimum Gasteiger partial charge on any atom is -0.383 e. The topological polar surface area (TPSA) is 85.3 Å². The molecule has 0 amide bonds. The Balaban J connectivity index is 1.07. The van der Waals surface area contributed by atoms with Gasteiger partial charge >= 0.3 is 0 Å². The molecule has 3 aromatic rings. The van der Waals surface area contributed by atoms with Crippen molar-refractivity contribution in [2.45, 2.75) is 69.9 Å². The number of aromatic nitrogens is 4. The van der Waals surface area contributed by atoms with Gasteiger partial charge in [-0.25, -0.2) is 15.0 Å². The number of hydrogen-bond donors (Lipinski definition) is 1. The number of anilines is 1. The Morgan fingerprint density at radius 3 is 2.88 bits per heavy atom. The van der Waals surface area contributed by atoms with Gasteiger partial charge in [0.2, 0.25) is 0 Å².